The first-order valence-electron chi connectivity index (χ1n) is 10.4. The third-order valence-electron chi connectivity index (χ3n) is 5.70. The van der Waals surface area contributed by atoms with Crippen LogP contribution in [0, 0.1) is 0 Å². The number of methoxy groups -OCH3 is 1. The van der Waals surface area contributed by atoms with E-state index in [4.69, 9.17) is 30.5 Å². The van der Waals surface area contributed by atoms with Crippen LogP contribution in [-0.4, -0.2) is 68.5 Å². The molecule has 2 aliphatic rings. The number of benzene rings is 1. The second-order valence-electron chi connectivity index (χ2n) is 7.66. The fourth-order valence-corrected chi connectivity index (χ4v) is 4.37. The Labute approximate surface area is 198 Å². The number of amides is 1. The Morgan fingerprint density at radius 3 is 2.85 bits per heavy atom. The maximum Gasteiger partial charge on any atom is 0.522 e. The van der Waals surface area contributed by atoms with E-state index >= 15 is 0 Å². The Morgan fingerprint density at radius 2 is 2.15 bits per heavy atom. The van der Waals surface area contributed by atoms with Gasteiger partial charge < -0.3 is 23.8 Å². The number of aromatic nitrogens is 1. The highest BCUT2D eigenvalue weighted by Crippen LogP contribution is 2.42. The van der Waals surface area contributed by atoms with Crippen molar-refractivity contribution in [1.82, 2.24) is 9.88 Å². The predicted octanol–water partition coefficient (Wildman–Crippen LogP) is 3.77. The molecule has 2 aromatic rings. The van der Waals surface area contributed by atoms with Crippen molar-refractivity contribution in [2.45, 2.75) is 24.5 Å². The number of likely N-dealkylation sites (tertiary alicyclic amines) is 1. The lowest BCUT2D eigenvalue weighted by Crippen LogP contribution is -2.53. The molecule has 1 aromatic carbocycles. The predicted molar refractivity (Wildman–Crippen MR) is 113 cm³/mol. The van der Waals surface area contributed by atoms with Crippen molar-refractivity contribution in [3.05, 3.63) is 52.8 Å². The molecule has 3 heterocycles. The first-order valence-corrected chi connectivity index (χ1v) is 10.8. The first-order chi connectivity index (χ1) is 16.2. The number of carbonyl (C=O) groups excluding carboxylic acids is 1. The summed E-state index contributed by atoms with van der Waals surface area (Å²) >= 11 is 6.26. The number of carbonyl (C=O) groups is 1. The van der Waals surface area contributed by atoms with E-state index in [-0.39, 0.29) is 41.3 Å². The van der Waals surface area contributed by atoms with Crippen LogP contribution < -0.4 is 9.47 Å². The standard InChI is InChI=1S/C22H22ClF3N2O6/c1-30-16-11-14(10-15(23)19(16)31-8-9-33-22(24,25)26)20(29)28-7-5-21(17-4-2-3-6-27-17)18(12-28)32-13-34-21/h2-4,6,10-11,18H,5,7-9,12-13H2,1H3/t18?,21-/m1/s1. The zero-order valence-corrected chi connectivity index (χ0v) is 18.9. The van der Waals surface area contributed by atoms with Crippen LogP contribution in [0.1, 0.15) is 22.5 Å². The summed E-state index contributed by atoms with van der Waals surface area (Å²) in [6.45, 7) is -0.361. The molecule has 1 aromatic heterocycles. The van der Waals surface area contributed by atoms with Crippen LogP contribution in [0.4, 0.5) is 13.2 Å². The monoisotopic (exact) mass is 502 g/mol. The molecule has 0 radical (unpaired) electrons. The molecule has 0 N–H and O–H groups in total. The number of rotatable bonds is 7. The SMILES string of the molecule is COc1cc(C(=O)N2CC[C@]3(c4ccccn4)OCOC3C2)cc(Cl)c1OCCOC(F)(F)F. The van der Waals surface area contributed by atoms with Gasteiger partial charge in [-0.15, -0.1) is 13.2 Å². The number of nitrogens with zero attached hydrogens (tertiary/aromatic N) is 2. The number of piperidine rings is 1. The molecule has 184 valence electrons. The van der Waals surface area contributed by atoms with E-state index in [0.29, 0.717) is 13.0 Å². The van der Waals surface area contributed by atoms with Gasteiger partial charge in [0, 0.05) is 24.7 Å². The molecule has 4 rings (SSSR count). The van der Waals surface area contributed by atoms with Gasteiger partial charge in [-0.25, -0.2) is 0 Å². The molecule has 0 aliphatic carbocycles. The average Bonchev–Trinajstić information content (AvgIpc) is 3.26. The van der Waals surface area contributed by atoms with Crippen LogP contribution >= 0.6 is 11.6 Å². The Hall–Kier alpha value is -2.60. The van der Waals surface area contributed by atoms with Crippen molar-refractivity contribution < 1.29 is 41.7 Å². The summed E-state index contributed by atoms with van der Waals surface area (Å²) in [6.07, 6.45) is -2.97. The van der Waals surface area contributed by atoms with E-state index in [9.17, 15) is 18.0 Å². The van der Waals surface area contributed by atoms with E-state index in [1.807, 2.05) is 18.2 Å². The summed E-state index contributed by atoms with van der Waals surface area (Å²) in [5, 5.41) is 0.0231. The lowest BCUT2D eigenvalue weighted by molar-refractivity contribution is -0.325. The Kier molecular flexibility index (Phi) is 7.17. The van der Waals surface area contributed by atoms with Crippen molar-refractivity contribution >= 4 is 17.5 Å². The largest absolute Gasteiger partial charge is 0.522 e. The molecule has 12 heteroatoms. The van der Waals surface area contributed by atoms with Crippen LogP contribution in [0.5, 0.6) is 11.5 Å². The number of hydrogen-bond donors (Lipinski definition) is 0. The summed E-state index contributed by atoms with van der Waals surface area (Å²) in [5.41, 5.74) is 0.277. The van der Waals surface area contributed by atoms with E-state index in [1.54, 1.807) is 11.1 Å². The smallest absolute Gasteiger partial charge is 0.493 e. The molecular weight excluding hydrogens is 481 g/mol. The topological polar surface area (TPSA) is 79.4 Å². The van der Waals surface area contributed by atoms with Gasteiger partial charge in [0.05, 0.1) is 31.0 Å². The van der Waals surface area contributed by atoms with Gasteiger partial charge >= 0.3 is 6.36 Å². The van der Waals surface area contributed by atoms with Gasteiger partial charge in [0.15, 0.2) is 11.5 Å². The maximum absolute atomic E-state index is 13.2. The van der Waals surface area contributed by atoms with E-state index in [2.05, 4.69) is 9.72 Å². The quantitative estimate of drug-likeness (QED) is 0.533. The third-order valence-corrected chi connectivity index (χ3v) is 5.98. The summed E-state index contributed by atoms with van der Waals surface area (Å²) < 4.78 is 62.4. The van der Waals surface area contributed by atoms with E-state index < -0.39 is 31.3 Å². The molecule has 2 atom stereocenters. The van der Waals surface area contributed by atoms with Gasteiger partial charge in [0.1, 0.15) is 25.1 Å². The maximum atomic E-state index is 13.2. The number of pyridine rings is 1. The van der Waals surface area contributed by atoms with Gasteiger partial charge in [-0.05, 0) is 24.3 Å². The molecule has 1 amide bonds. The minimum atomic E-state index is -4.76. The fourth-order valence-electron chi connectivity index (χ4n) is 4.11. The average molecular weight is 503 g/mol. The van der Waals surface area contributed by atoms with Gasteiger partial charge in [0.25, 0.3) is 5.91 Å². The first kappa shape index (κ1) is 24.5. The second-order valence-corrected chi connectivity index (χ2v) is 8.06. The number of hydrogen-bond acceptors (Lipinski definition) is 7. The molecule has 34 heavy (non-hydrogen) atoms. The molecule has 2 saturated heterocycles. The zero-order chi connectivity index (χ0) is 24.3. The zero-order valence-electron chi connectivity index (χ0n) is 18.1. The van der Waals surface area contributed by atoms with Gasteiger partial charge in [0.2, 0.25) is 0 Å². The highest BCUT2D eigenvalue weighted by atomic mass is 35.5. The van der Waals surface area contributed by atoms with Crippen LogP contribution in [0.25, 0.3) is 0 Å². The molecule has 0 spiro atoms. The molecule has 0 saturated carbocycles. The van der Waals surface area contributed by atoms with Crippen molar-refractivity contribution in [3.8, 4) is 11.5 Å². The lowest BCUT2D eigenvalue weighted by Gasteiger charge is -2.41. The highest BCUT2D eigenvalue weighted by molar-refractivity contribution is 6.32. The fraction of sp³-hybridized carbons (Fsp3) is 0.455. The summed E-state index contributed by atoms with van der Waals surface area (Å²) in [6, 6.07) is 8.39. The van der Waals surface area contributed by atoms with Crippen LogP contribution in [0.3, 0.4) is 0 Å². The Morgan fingerprint density at radius 1 is 1.32 bits per heavy atom. The number of alkyl halides is 3. The van der Waals surface area contributed by atoms with Crippen LogP contribution in [-0.2, 0) is 19.8 Å². The molecular formula is C22H22ClF3N2O6. The van der Waals surface area contributed by atoms with Crippen molar-refractivity contribution in [2.75, 3.05) is 40.2 Å². The minimum absolute atomic E-state index is 0.0202. The van der Waals surface area contributed by atoms with E-state index in [0.717, 1.165) is 5.69 Å². The van der Waals surface area contributed by atoms with Gasteiger partial charge in [-0.1, -0.05) is 17.7 Å². The molecule has 2 aliphatic heterocycles. The van der Waals surface area contributed by atoms with Gasteiger partial charge in [-0.2, -0.15) is 0 Å². The summed E-state index contributed by atoms with van der Waals surface area (Å²) in [7, 11) is 1.34. The number of ether oxygens (including phenoxy) is 5. The number of halogens is 4. The molecule has 2 fully saturated rings. The minimum Gasteiger partial charge on any atom is -0.493 e. The Bertz CT molecular complexity index is 1030. The normalized spacial score (nSPS) is 22.4. The molecule has 0 bridgehead atoms. The summed E-state index contributed by atoms with van der Waals surface area (Å²) in [4.78, 5) is 19.3. The van der Waals surface area contributed by atoms with Crippen molar-refractivity contribution in [2.24, 2.45) is 0 Å². The van der Waals surface area contributed by atoms with Crippen LogP contribution in [0.15, 0.2) is 36.5 Å². The lowest BCUT2D eigenvalue weighted by atomic mass is 9.85. The van der Waals surface area contributed by atoms with Crippen molar-refractivity contribution in [3.63, 3.8) is 0 Å². The molecule has 1 unspecified atom stereocenters. The van der Waals surface area contributed by atoms with Crippen LogP contribution in [0.2, 0.25) is 5.02 Å². The van der Waals surface area contributed by atoms with E-state index in [1.165, 1.54) is 19.2 Å². The van der Waals surface area contributed by atoms with Gasteiger partial charge in [-0.3, -0.25) is 14.5 Å². The highest BCUT2D eigenvalue weighted by Gasteiger charge is 2.52. The summed E-state index contributed by atoms with van der Waals surface area (Å²) in [5.74, 6) is -0.174. The Balaban J connectivity index is 1.46. The number of fused-ring (bicyclic) bond motifs is 1. The third kappa shape index (κ3) is 5.07. The van der Waals surface area contributed by atoms with Crippen molar-refractivity contribution in [1.29, 1.82) is 0 Å². The second kappa shape index (κ2) is 9.95. The molecule has 8 nitrogen and oxygen atoms in total.